The fourth-order valence-corrected chi connectivity index (χ4v) is 3.93. The van der Waals surface area contributed by atoms with Crippen LogP contribution in [0.4, 0.5) is 0 Å². The van der Waals surface area contributed by atoms with Gasteiger partial charge in [-0.25, -0.2) is 0 Å². The molecule has 34 heavy (non-hydrogen) atoms. The molecule has 1 aliphatic rings. The van der Waals surface area contributed by atoms with Gasteiger partial charge >= 0.3 is 0 Å². The average Bonchev–Trinajstić information content (AvgIpc) is 2.79. The summed E-state index contributed by atoms with van der Waals surface area (Å²) in [6.07, 6.45) is 4.97. The summed E-state index contributed by atoms with van der Waals surface area (Å²) in [6.45, 7) is 13.7. The molecular weight excluding hydrogens is 428 g/mol. The van der Waals surface area contributed by atoms with Crippen LogP contribution in [0.1, 0.15) is 77.0 Å². The van der Waals surface area contributed by atoms with Crippen LogP contribution >= 0.6 is 0 Å². The normalized spacial score (nSPS) is 16.1. The van der Waals surface area contributed by atoms with E-state index in [9.17, 15) is 0 Å². The molecule has 0 radical (unpaired) electrons. The summed E-state index contributed by atoms with van der Waals surface area (Å²) in [5, 5.41) is 7.42. The number of carboxylic acids is 1. The van der Waals surface area contributed by atoms with Gasteiger partial charge in [0.2, 0.25) is 0 Å². The molecular formula is C27H40N4O3. The second-order valence-corrected chi connectivity index (χ2v) is 10.1. The number of hydrogen-bond acceptors (Lipinski definition) is 5. The van der Waals surface area contributed by atoms with Crippen LogP contribution in [0.15, 0.2) is 35.5 Å². The van der Waals surface area contributed by atoms with Crippen LogP contribution in [-0.2, 0) is 28.7 Å². The van der Waals surface area contributed by atoms with Crippen LogP contribution in [0, 0.1) is 0 Å². The van der Waals surface area contributed by atoms with Crippen molar-refractivity contribution in [3.63, 3.8) is 0 Å². The molecule has 2 aromatic rings. The van der Waals surface area contributed by atoms with Crippen molar-refractivity contribution in [1.29, 1.82) is 0 Å². The number of nitrogens with zero attached hydrogens (tertiary/aromatic N) is 4. The van der Waals surface area contributed by atoms with E-state index in [4.69, 9.17) is 24.6 Å². The number of ether oxygens (including phenoxy) is 1. The van der Waals surface area contributed by atoms with Gasteiger partial charge in [-0.3, -0.25) is 19.8 Å². The summed E-state index contributed by atoms with van der Waals surface area (Å²) in [5.41, 5.74) is 4.51. The van der Waals surface area contributed by atoms with E-state index in [1.165, 1.54) is 5.56 Å². The summed E-state index contributed by atoms with van der Waals surface area (Å²) in [7, 11) is 3.92. The highest BCUT2D eigenvalue weighted by Gasteiger charge is 2.39. The molecule has 3 rings (SSSR count). The lowest BCUT2D eigenvalue weighted by Crippen LogP contribution is -2.36. The van der Waals surface area contributed by atoms with E-state index in [0.717, 1.165) is 61.4 Å². The Hall–Kier alpha value is -2.96. The molecule has 0 aliphatic heterocycles. The minimum atomic E-state index is -0.833. The number of aliphatic carboxylic acids is 1. The van der Waals surface area contributed by atoms with Crippen molar-refractivity contribution in [2.75, 3.05) is 20.6 Å². The molecule has 0 unspecified atom stereocenters. The van der Waals surface area contributed by atoms with Gasteiger partial charge in [0, 0.05) is 44.8 Å². The molecule has 0 bridgehead atoms. The molecule has 1 heterocycles. The predicted octanol–water partition coefficient (Wildman–Crippen LogP) is 5.02. The number of rotatable bonds is 6. The van der Waals surface area contributed by atoms with Gasteiger partial charge in [0.25, 0.3) is 5.97 Å². The van der Waals surface area contributed by atoms with Gasteiger partial charge in [-0.05, 0) is 37.5 Å². The van der Waals surface area contributed by atoms with Crippen LogP contribution in [0.3, 0.4) is 0 Å². The number of carboxylic acid groups (broad SMARTS) is 1. The Labute approximate surface area is 204 Å². The largest absolute Gasteiger partial charge is 0.487 e. The lowest BCUT2D eigenvalue weighted by molar-refractivity contribution is -0.134. The second-order valence-electron chi connectivity index (χ2n) is 10.1. The highest BCUT2D eigenvalue weighted by molar-refractivity contribution is 5.84. The third kappa shape index (κ3) is 7.27. The molecule has 0 fully saturated rings. The number of carbonyl (C=O) groups is 1. The number of fused-ring (bicyclic) bond motifs is 1. The number of aromatic nitrogens is 2. The highest BCUT2D eigenvalue weighted by atomic mass is 16.5. The van der Waals surface area contributed by atoms with Crippen LogP contribution in [-0.4, -0.2) is 52.4 Å². The van der Waals surface area contributed by atoms with E-state index in [1.807, 2.05) is 25.4 Å². The molecule has 7 heteroatoms. The summed E-state index contributed by atoms with van der Waals surface area (Å²) in [5.74, 6) is 1.10. The van der Waals surface area contributed by atoms with Crippen LogP contribution in [0.2, 0.25) is 0 Å². The van der Waals surface area contributed by atoms with E-state index in [1.54, 1.807) is 0 Å². The van der Waals surface area contributed by atoms with E-state index >= 15 is 0 Å². The molecule has 0 atom stereocenters. The average molecular weight is 469 g/mol. The molecule has 1 aromatic carbocycles. The Morgan fingerprint density at radius 3 is 2.21 bits per heavy atom. The molecule has 1 aromatic heterocycles. The second kappa shape index (κ2) is 11.4. The van der Waals surface area contributed by atoms with E-state index < -0.39 is 5.97 Å². The van der Waals surface area contributed by atoms with E-state index in [-0.39, 0.29) is 10.8 Å². The number of hydrogen-bond donors (Lipinski definition) is 1. The van der Waals surface area contributed by atoms with Gasteiger partial charge in [-0.1, -0.05) is 39.8 Å². The van der Waals surface area contributed by atoms with Gasteiger partial charge in [0.1, 0.15) is 18.2 Å². The monoisotopic (exact) mass is 468 g/mol. The lowest BCUT2D eigenvalue weighted by atomic mass is 9.67. The molecule has 186 valence electrons. The van der Waals surface area contributed by atoms with Gasteiger partial charge in [-0.2, -0.15) is 0 Å². The minimum Gasteiger partial charge on any atom is -0.487 e. The summed E-state index contributed by atoms with van der Waals surface area (Å²) < 4.78 is 6.01. The zero-order valence-corrected chi connectivity index (χ0v) is 22.0. The minimum absolute atomic E-state index is 0.0553. The van der Waals surface area contributed by atoms with Crippen molar-refractivity contribution in [2.45, 2.75) is 78.2 Å². The Morgan fingerprint density at radius 1 is 1.12 bits per heavy atom. The van der Waals surface area contributed by atoms with Gasteiger partial charge in [-0.15, -0.1) is 0 Å². The topological polar surface area (TPSA) is 87.9 Å². The Kier molecular flexibility index (Phi) is 9.19. The van der Waals surface area contributed by atoms with Crippen molar-refractivity contribution in [2.24, 2.45) is 4.99 Å². The maximum absolute atomic E-state index is 9.00. The Bertz CT molecular complexity index is 993. The number of likely N-dealkylation sites (N-methyl/N-ethyl adjacent to an activating group) is 1. The number of benzene rings is 1. The van der Waals surface area contributed by atoms with Crippen molar-refractivity contribution in [3.8, 4) is 5.75 Å². The van der Waals surface area contributed by atoms with Crippen LogP contribution in [0.25, 0.3) is 0 Å². The fourth-order valence-electron chi connectivity index (χ4n) is 3.93. The van der Waals surface area contributed by atoms with E-state index in [2.05, 4.69) is 63.7 Å². The zero-order chi connectivity index (χ0) is 25.5. The summed E-state index contributed by atoms with van der Waals surface area (Å²) in [4.78, 5) is 25.3. The maximum atomic E-state index is 9.00. The van der Waals surface area contributed by atoms with Crippen molar-refractivity contribution in [1.82, 2.24) is 14.9 Å². The number of aliphatic imine (C=N–C) groups is 1. The Morgan fingerprint density at radius 2 is 1.68 bits per heavy atom. The fraction of sp³-hybridized carbons (Fsp3) is 0.556. The quantitative estimate of drug-likeness (QED) is 0.473. The lowest BCUT2D eigenvalue weighted by Gasteiger charge is -2.39. The maximum Gasteiger partial charge on any atom is 0.300 e. The SMILES string of the molecule is CC(=O)O.CCN(C)C(Cc1ccc(OCc2cnc3c(n2)C(C)(C)CCC3(C)C)cc1)=NC. The summed E-state index contributed by atoms with van der Waals surface area (Å²) >= 11 is 0. The molecule has 1 aliphatic carbocycles. The first kappa shape index (κ1) is 27.3. The summed E-state index contributed by atoms with van der Waals surface area (Å²) in [6, 6.07) is 8.25. The standard InChI is InChI=1S/C25H36N4O.C2H4O2/c1-8-29(7)21(26-6)15-18-9-11-20(12-10-18)30-17-19-16-27-22-23(28-19)25(4,5)14-13-24(22,2)3;1-2(3)4/h9-12,16H,8,13-15,17H2,1-7H3;1H3,(H,3,4). The van der Waals surface area contributed by atoms with Gasteiger partial charge < -0.3 is 14.7 Å². The highest BCUT2D eigenvalue weighted by Crippen LogP contribution is 2.43. The molecule has 1 N–H and O–H groups in total. The van der Waals surface area contributed by atoms with Crippen molar-refractivity contribution < 1.29 is 14.6 Å². The van der Waals surface area contributed by atoms with Crippen molar-refractivity contribution in [3.05, 3.63) is 53.1 Å². The zero-order valence-electron chi connectivity index (χ0n) is 22.0. The van der Waals surface area contributed by atoms with Gasteiger partial charge in [0.15, 0.2) is 0 Å². The first-order valence-corrected chi connectivity index (χ1v) is 11.8. The molecule has 0 saturated carbocycles. The number of amidine groups is 1. The molecule has 0 spiro atoms. The van der Waals surface area contributed by atoms with Crippen LogP contribution in [0.5, 0.6) is 5.75 Å². The molecule has 0 amide bonds. The van der Waals surface area contributed by atoms with Crippen LogP contribution < -0.4 is 4.74 Å². The van der Waals surface area contributed by atoms with E-state index in [0.29, 0.717) is 6.61 Å². The first-order chi connectivity index (χ1) is 15.9. The molecule has 0 saturated heterocycles. The third-order valence-electron chi connectivity index (χ3n) is 6.32. The predicted molar refractivity (Wildman–Crippen MR) is 137 cm³/mol. The first-order valence-electron chi connectivity index (χ1n) is 11.8. The van der Waals surface area contributed by atoms with Crippen molar-refractivity contribution >= 4 is 11.8 Å². The molecule has 7 nitrogen and oxygen atoms in total. The Balaban J connectivity index is 0.000000945. The van der Waals surface area contributed by atoms with Gasteiger partial charge in [0.05, 0.1) is 23.3 Å². The smallest absolute Gasteiger partial charge is 0.300 e. The third-order valence-corrected chi connectivity index (χ3v) is 6.32.